The van der Waals surface area contributed by atoms with E-state index in [4.69, 9.17) is 0 Å². The molecule has 0 fully saturated rings. The largest absolute Gasteiger partial charge is 0.340 e. The van der Waals surface area contributed by atoms with E-state index in [0.717, 1.165) is 11.5 Å². The van der Waals surface area contributed by atoms with Gasteiger partial charge in [0.25, 0.3) is 0 Å². The molecule has 0 atom stereocenters. The van der Waals surface area contributed by atoms with Crippen molar-refractivity contribution in [2.45, 2.75) is 6.92 Å². The van der Waals surface area contributed by atoms with Crippen LogP contribution in [0, 0.1) is 0 Å². The first-order chi connectivity index (χ1) is 8.24. The molecule has 4 heteroatoms. The van der Waals surface area contributed by atoms with Crippen LogP contribution in [0.4, 0.5) is 17.2 Å². The van der Waals surface area contributed by atoms with Crippen LogP contribution in [0.3, 0.4) is 0 Å². The molecule has 0 aliphatic heterocycles. The van der Waals surface area contributed by atoms with Crippen molar-refractivity contribution in [3.63, 3.8) is 0 Å². The van der Waals surface area contributed by atoms with Gasteiger partial charge in [-0.2, -0.15) is 0 Å². The molecule has 86 valence electrons. The highest BCUT2D eigenvalue weighted by atomic mass is 16.1. The highest BCUT2D eigenvalue weighted by Gasteiger charge is 1.97. The molecule has 0 spiro atoms. The first-order valence-corrected chi connectivity index (χ1v) is 5.30. The average Bonchev–Trinajstić information content (AvgIpc) is 2.32. The van der Waals surface area contributed by atoms with Gasteiger partial charge in [0.1, 0.15) is 5.82 Å². The molecule has 0 aliphatic rings. The Labute approximate surface area is 99.7 Å². The van der Waals surface area contributed by atoms with E-state index in [9.17, 15) is 4.79 Å². The van der Waals surface area contributed by atoms with E-state index >= 15 is 0 Å². The van der Waals surface area contributed by atoms with Crippen LogP contribution in [0.2, 0.25) is 0 Å². The summed E-state index contributed by atoms with van der Waals surface area (Å²) in [6.45, 7) is 1.47. The zero-order valence-electron chi connectivity index (χ0n) is 9.47. The standard InChI is InChI=1S/C13H13N3O/c1-10(17)15-12-7-8-13(14-9-12)16-11-5-3-2-4-6-11/h2-9H,1H3,(H,14,16)(H,15,17). The van der Waals surface area contributed by atoms with Crippen LogP contribution in [0.5, 0.6) is 0 Å². The highest BCUT2D eigenvalue weighted by Crippen LogP contribution is 2.15. The lowest BCUT2D eigenvalue weighted by Gasteiger charge is -2.06. The number of aromatic nitrogens is 1. The van der Waals surface area contributed by atoms with Gasteiger partial charge in [0.2, 0.25) is 5.91 Å². The van der Waals surface area contributed by atoms with E-state index in [-0.39, 0.29) is 5.91 Å². The Kier molecular flexibility index (Phi) is 3.35. The number of benzene rings is 1. The molecule has 0 radical (unpaired) electrons. The van der Waals surface area contributed by atoms with Crippen LogP contribution in [0.15, 0.2) is 48.7 Å². The molecule has 0 aliphatic carbocycles. The molecule has 4 nitrogen and oxygen atoms in total. The van der Waals surface area contributed by atoms with Gasteiger partial charge in [-0.3, -0.25) is 4.79 Å². The van der Waals surface area contributed by atoms with Gasteiger partial charge in [0, 0.05) is 12.6 Å². The Balaban J connectivity index is 2.06. The molecule has 0 bridgehead atoms. The maximum Gasteiger partial charge on any atom is 0.221 e. The Bertz CT molecular complexity index is 494. The third-order valence-corrected chi connectivity index (χ3v) is 2.13. The average molecular weight is 227 g/mol. The van der Waals surface area contributed by atoms with Crippen molar-refractivity contribution < 1.29 is 4.79 Å². The second-order valence-electron chi connectivity index (χ2n) is 3.60. The summed E-state index contributed by atoms with van der Waals surface area (Å²) in [7, 11) is 0. The van der Waals surface area contributed by atoms with Crippen molar-refractivity contribution in [3.05, 3.63) is 48.7 Å². The summed E-state index contributed by atoms with van der Waals surface area (Å²) in [5, 5.41) is 5.83. The van der Waals surface area contributed by atoms with E-state index < -0.39 is 0 Å². The summed E-state index contributed by atoms with van der Waals surface area (Å²) in [6.07, 6.45) is 1.62. The fourth-order valence-electron chi connectivity index (χ4n) is 1.41. The Morgan fingerprint density at radius 2 is 1.82 bits per heavy atom. The normalized spacial score (nSPS) is 9.71. The Morgan fingerprint density at radius 1 is 1.06 bits per heavy atom. The number of carbonyl (C=O) groups is 1. The number of nitrogens with zero attached hydrogens (tertiary/aromatic N) is 1. The molecule has 1 heterocycles. The summed E-state index contributed by atoms with van der Waals surface area (Å²) in [6, 6.07) is 13.4. The predicted molar refractivity (Wildman–Crippen MR) is 68.3 cm³/mol. The summed E-state index contributed by atoms with van der Waals surface area (Å²) in [4.78, 5) is 15.0. The number of hydrogen-bond donors (Lipinski definition) is 2. The summed E-state index contributed by atoms with van der Waals surface area (Å²) >= 11 is 0. The molecule has 0 unspecified atom stereocenters. The molecule has 1 aromatic carbocycles. The third-order valence-electron chi connectivity index (χ3n) is 2.13. The molecule has 1 aromatic heterocycles. The second kappa shape index (κ2) is 5.12. The summed E-state index contributed by atoms with van der Waals surface area (Å²) < 4.78 is 0. The van der Waals surface area contributed by atoms with Crippen molar-refractivity contribution in [3.8, 4) is 0 Å². The summed E-state index contributed by atoms with van der Waals surface area (Å²) in [5.41, 5.74) is 1.67. The SMILES string of the molecule is CC(=O)Nc1ccc(Nc2ccccc2)nc1. The fraction of sp³-hybridized carbons (Fsp3) is 0.0769. The lowest BCUT2D eigenvalue weighted by atomic mass is 10.3. The summed E-state index contributed by atoms with van der Waals surface area (Å²) in [5.74, 6) is 0.640. The van der Waals surface area contributed by atoms with Crippen LogP contribution in [-0.4, -0.2) is 10.9 Å². The Hall–Kier alpha value is -2.36. The van der Waals surface area contributed by atoms with Crippen LogP contribution in [0.1, 0.15) is 6.92 Å². The maximum atomic E-state index is 10.8. The molecular weight excluding hydrogens is 214 g/mol. The first-order valence-electron chi connectivity index (χ1n) is 5.30. The van der Waals surface area contributed by atoms with Gasteiger partial charge in [0.05, 0.1) is 11.9 Å². The van der Waals surface area contributed by atoms with Gasteiger partial charge in [-0.1, -0.05) is 18.2 Å². The van der Waals surface area contributed by atoms with E-state index in [1.54, 1.807) is 12.3 Å². The van der Waals surface area contributed by atoms with Gasteiger partial charge in [-0.05, 0) is 24.3 Å². The van der Waals surface area contributed by atoms with Gasteiger partial charge in [-0.25, -0.2) is 4.98 Å². The smallest absolute Gasteiger partial charge is 0.221 e. The maximum absolute atomic E-state index is 10.8. The molecular formula is C13H13N3O. The number of para-hydroxylation sites is 1. The second-order valence-corrected chi connectivity index (χ2v) is 3.60. The molecule has 2 rings (SSSR count). The number of amides is 1. The minimum atomic E-state index is -0.101. The van der Waals surface area contributed by atoms with Gasteiger partial charge >= 0.3 is 0 Å². The number of hydrogen-bond acceptors (Lipinski definition) is 3. The molecule has 2 N–H and O–H groups in total. The Morgan fingerprint density at radius 3 is 2.41 bits per heavy atom. The number of anilines is 3. The van der Waals surface area contributed by atoms with E-state index in [0.29, 0.717) is 5.69 Å². The van der Waals surface area contributed by atoms with Gasteiger partial charge in [-0.15, -0.1) is 0 Å². The lowest BCUT2D eigenvalue weighted by Crippen LogP contribution is -2.06. The van der Waals surface area contributed by atoms with Crippen LogP contribution < -0.4 is 10.6 Å². The van der Waals surface area contributed by atoms with Crippen molar-refractivity contribution in [1.29, 1.82) is 0 Å². The quantitative estimate of drug-likeness (QED) is 0.847. The number of carbonyl (C=O) groups excluding carboxylic acids is 1. The van der Waals surface area contributed by atoms with Crippen molar-refractivity contribution in [1.82, 2.24) is 4.98 Å². The van der Waals surface area contributed by atoms with E-state index in [1.165, 1.54) is 6.92 Å². The first kappa shape index (κ1) is 11.1. The fourth-order valence-corrected chi connectivity index (χ4v) is 1.41. The monoisotopic (exact) mass is 227 g/mol. The number of rotatable bonds is 3. The lowest BCUT2D eigenvalue weighted by molar-refractivity contribution is -0.114. The molecule has 1 amide bonds. The zero-order valence-corrected chi connectivity index (χ0v) is 9.47. The van der Waals surface area contributed by atoms with Crippen molar-refractivity contribution in [2.24, 2.45) is 0 Å². The molecule has 0 saturated carbocycles. The van der Waals surface area contributed by atoms with Crippen molar-refractivity contribution >= 4 is 23.1 Å². The molecule has 2 aromatic rings. The van der Waals surface area contributed by atoms with Gasteiger partial charge in [0.15, 0.2) is 0 Å². The molecule has 17 heavy (non-hydrogen) atoms. The minimum absolute atomic E-state index is 0.101. The minimum Gasteiger partial charge on any atom is -0.340 e. The number of pyridine rings is 1. The molecule has 0 saturated heterocycles. The van der Waals surface area contributed by atoms with Crippen molar-refractivity contribution in [2.75, 3.05) is 10.6 Å². The number of nitrogens with one attached hydrogen (secondary N) is 2. The van der Waals surface area contributed by atoms with Crippen LogP contribution in [0.25, 0.3) is 0 Å². The van der Waals surface area contributed by atoms with E-state index in [1.807, 2.05) is 36.4 Å². The highest BCUT2D eigenvalue weighted by molar-refractivity contribution is 5.88. The van der Waals surface area contributed by atoms with Gasteiger partial charge < -0.3 is 10.6 Å². The van der Waals surface area contributed by atoms with Crippen LogP contribution in [-0.2, 0) is 4.79 Å². The van der Waals surface area contributed by atoms with E-state index in [2.05, 4.69) is 15.6 Å². The third kappa shape index (κ3) is 3.31. The predicted octanol–water partition coefficient (Wildman–Crippen LogP) is 2.78. The topological polar surface area (TPSA) is 54.0 Å². The van der Waals surface area contributed by atoms with Crippen LogP contribution >= 0.6 is 0 Å². The zero-order chi connectivity index (χ0) is 12.1.